The van der Waals surface area contributed by atoms with Crippen LogP contribution in [0.2, 0.25) is 0 Å². The topological polar surface area (TPSA) is 76.6 Å². The first kappa shape index (κ1) is 20.1. The molecule has 0 bridgehead atoms. The number of hydrogen-bond acceptors (Lipinski definition) is 6. The molecule has 1 amide bonds. The van der Waals surface area contributed by atoms with Crippen molar-refractivity contribution in [1.82, 2.24) is 9.97 Å². The normalized spacial score (nSPS) is 10.3. The first-order chi connectivity index (χ1) is 14.2. The minimum atomic E-state index is -0.171. The molecule has 7 heteroatoms. The summed E-state index contributed by atoms with van der Waals surface area (Å²) in [6.45, 7) is 2.99. The fourth-order valence-electron chi connectivity index (χ4n) is 2.94. The van der Waals surface area contributed by atoms with Crippen LogP contribution in [0.1, 0.15) is 23.0 Å². The minimum absolute atomic E-state index is 0.171. The highest BCUT2D eigenvalue weighted by Crippen LogP contribution is 2.27. The highest BCUT2D eigenvalue weighted by atomic mass is 16.5. The molecular formula is C22H24N4O3. The molecule has 0 spiro atoms. The van der Waals surface area contributed by atoms with Gasteiger partial charge in [0.25, 0.3) is 5.91 Å². The predicted octanol–water partition coefficient (Wildman–Crippen LogP) is 3.77. The number of carbonyl (C=O) groups excluding carboxylic acids is 1. The fraction of sp³-hybridized carbons (Fsp3) is 0.227. The molecule has 3 aromatic rings. The van der Waals surface area contributed by atoms with E-state index in [1.165, 1.54) is 6.33 Å². The van der Waals surface area contributed by atoms with E-state index in [1.54, 1.807) is 25.2 Å². The summed E-state index contributed by atoms with van der Waals surface area (Å²) >= 11 is 0. The Hall–Kier alpha value is -3.61. The zero-order chi connectivity index (χ0) is 20.6. The van der Waals surface area contributed by atoms with Gasteiger partial charge in [0.15, 0.2) is 11.5 Å². The molecule has 0 saturated carbocycles. The van der Waals surface area contributed by atoms with E-state index in [9.17, 15) is 4.79 Å². The lowest BCUT2D eigenvalue weighted by molar-refractivity contribution is 0.0983. The van der Waals surface area contributed by atoms with Gasteiger partial charge in [-0.3, -0.25) is 4.79 Å². The van der Waals surface area contributed by atoms with Gasteiger partial charge in [0.05, 0.1) is 14.2 Å². The van der Waals surface area contributed by atoms with Crippen LogP contribution >= 0.6 is 0 Å². The van der Waals surface area contributed by atoms with Crippen LogP contribution in [0.15, 0.2) is 60.9 Å². The molecule has 150 valence electrons. The SMILES string of the molecule is CCN(C(=O)c1cc(NCc2ccc(OC)c(OC)c2)ncn1)c1ccccc1. The van der Waals surface area contributed by atoms with Crippen LogP contribution < -0.4 is 19.7 Å². The van der Waals surface area contributed by atoms with Gasteiger partial charge in [0.1, 0.15) is 17.8 Å². The second kappa shape index (κ2) is 9.54. The predicted molar refractivity (Wildman–Crippen MR) is 113 cm³/mol. The van der Waals surface area contributed by atoms with E-state index >= 15 is 0 Å². The summed E-state index contributed by atoms with van der Waals surface area (Å²) in [6.07, 6.45) is 1.39. The number of anilines is 2. The second-order valence-corrected chi connectivity index (χ2v) is 6.22. The second-order valence-electron chi connectivity index (χ2n) is 6.22. The van der Waals surface area contributed by atoms with E-state index < -0.39 is 0 Å². The molecule has 0 fully saturated rings. The molecule has 0 saturated heterocycles. The number of amides is 1. The quantitative estimate of drug-likeness (QED) is 0.629. The zero-order valence-corrected chi connectivity index (χ0v) is 16.8. The van der Waals surface area contributed by atoms with Gasteiger partial charge in [-0.15, -0.1) is 0 Å². The Morgan fingerprint density at radius 2 is 1.76 bits per heavy atom. The van der Waals surface area contributed by atoms with Crippen molar-refractivity contribution in [2.75, 3.05) is 31.0 Å². The molecule has 7 nitrogen and oxygen atoms in total. The molecule has 2 aromatic carbocycles. The number of rotatable bonds is 8. The highest BCUT2D eigenvalue weighted by Gasteiger charge is 2.18. The van der Waals surface area contributed by atoms with Crippen LogP contribution in [-0.2, 0) is 6.54 Å². The maximum atomic E-state index is 12.9. The van der Waals surface area contributed by atoms with E-state index in [4.69, 9.17) is 9.47 Å². The molecule has 1 heterocycles. The number of nitrogens with zero attached hydrogens (tertiary/aromatic N) is 3. The monoisotopic (exact) mass is 392 g/mol. The number of benzene rings is 2. The fourth-order valence-corrected chi connectivity index (χ4v) is 2.94. The van der Waals surface area contributed by atoms with Crippen LogP contribution in [0.4, 0.5) is 11.5 Å². The van der Waals surface area contributed by atoms with Gasteiger partial charge >= 0.3 is 0 Å². The number of nitrogens with one attached hydrogen (secondary N) is 1. The third kappa shape index (κ3) is 4.82. The van der Waals surface area contributed by atoms with Gasteiger partial charge in [-0.2, -0.15) is 0 Å². The van der Waals surface area contributed by atoms with E-state index in [0.29, 0.717) is 36.1 Å². The van der Waals surface area contributed by atoms with Crippen LogP contribution in [0.5, 0.6) is 11.5 Å². The molecule has 29 heavy (non-hydrogen) atoms. The number of para-hydroxylation sites is 1. The van der Waals surface area contributed by atoms with Gasteiger partial charge in [-0.05, 0) is 36.8 Å². The van der Waals surface area contributed by atoms with Crippen molar-refractivity contribution < 1.29 is 14.3 Å². The Morgan fingerprint density at radius 1 is 1.00 bits per heavy atom. The largest absolute Gasteiger partial charge is 0.493 e. The van der Waals surface area contributed by atoms with Crippen molar-refractivity contribution in [1.29, 1.82) is 0 Å². The Labute approximate surface area is 170 Å². The molecule has 0 aliphatic carbocycles. The van der Waals surface area contributed by atoms with Gasteiger partial charge in [-0.1, -0.05) is 24.3 Å². The number of hydrogen-bond donors (Lipinski definition) is 1. The third-order valence-electron chi connectivity index (χ3n) is 4.44. The van der Waals surface area contributed by atoms with Crippen LogP contribution in [0.3, 0.4) is 0 Å². The summed E-state index contributed by atoms with van der Waals surface area (Å²) in [7, 11) is 3.20. The molecule has 0 radical (unpaired) electrons. The Balaban J connectivity index is 1.73. The van der Waals surface area contributed by atoms with Gasteiger partial charge in [0.2, 0.25) is 0 Å². The maximum absolute atomic E-state index is 12.9. The average molecular weight is 392 g/mol. The summed E-state index contributed by atoms with van der Waals surface area (Å²) in [4.78, 5) is 23.0. The zero-order valence-electron chi connectivity index (χ0n) is 16.8. The minimum Gasteiger partial charge on any atom is -0.493 e. The van der Waals surface area contributed by atoms with E-state index in [1.807, 2.05) is 55.5 Å². The highest BCUT2D eigenvalue weighted by molar-refractivity contribution is 6.05. The lowest BCUT2D eigenvalue weighted by Crippen LogP contribution is -2.31. The van der Waals surface area contributed by atoms with E-state index in [-0.39, 0.29) is 5.91 Å². The molecule has 1 aromatic heterocycles. The maximum Gasteiger partial charge on any atom is 0.277 e. The summed E-state index contributed by atoms with van der Waals surface area (Å²) in [6, 6.07) is 16.9. The van der Waals surface area contributed by atoms with Crippen LogP contribution in [0, 0.1) is 0 Å². The Morgan fingerprint density at radius 3 is 2.45 bits per heavy atom. The van der Waals surface area contributed by atoms with Gasteiger partial charge in [0, 0.05) is 24.8 Å². The molecule has 0 atom stereocenters. The van der Waals surface area contributed by atoms with Crippen molar-refractivity contribution in [3.63, 3.8) is 0 Å². The molecule has 1 N–H and O–H groups in total. The van der Waals surface area contributed by atoms with Crippen molar-refractivity contribution in [3.05, 3.63) is 72.2 Å². The first-order valence-corrected chi connectivity index (χ1v) is 9.30. The van der Waals surface area contributed by atoms with Crippen molar-refractivity contribution in [3.8, 4) is 11.5 Å². The van der Waals surface area contributed by atoms with Crippen molar-refractivity contribution >= 4 is 17.4 Å². The van der Waals surface area contributed by atoms with Crippen LogP contribution in [-0.4, -0.2) is 36.6 Å². The number of aromatic nitrogens is 2. The van der Waals surface area contributed by atoms with Gasteiger partial charge in [-0.25, -0.2) is 9.97 Å². The Kier molecular flexibility index (Phi) is 6.63. The summed E-state index contributed by atoms with van der Waals surface area (Å²) in [5.41, 5.74) is 2.16. The number of ether oxygens (including phenoxy) is 2. The molecule has 0 unspecified atom stereocenters. The molecule has 3 rings (SSSR count). The lowest BCUT2D eigenvalue weighted by Gasteiger charge is -2.20. The number of carbonyl (C=O) groups is 1. The van der Waals surface area contributed by atoms with Crippen molar-refractivity contribution in [2.24, 2.45) is 0 Å². The third-order valence-corrected chi connectivity index (χ3v) is 4.44. The molecule has 0 aliphatic heterocycles. The summed E-state index contributed by atoms with van der Waals surface area (Å²) in [5, 5.41) is 3.22. The smallest absolute Gasteiger partial charge is 0.277 e. The summed E-state index contributed by atoms with van der Waals surface area (Å²) < 4.78 is 10.6. The lowest BCUT2D eigenvalue weighted by atomic mass is 10.2. The van der Waals surface area contributed by atoms with Gasteiger partial charge < -0.3 is 19.7 Å². The standard InChI is InChI=1S/C22H24N4O3/c1-4-26(17-8-6-5-7-9-17)22(27)18-13-21(25-15-24-18)23-14-16-10-11-19(28-2)20(12-16)29-3/h5-13,15H,4,14H2,1-3H3,(H,23,24,25). The summed E-state index contributed by atoms with van der Waals surface area (Å²) in [5.74, 6) is 1.73. The van der Waals surface area contributed by atoms with Crippen LogP contribution in [0.25, 0.3) is 0 Å². The first-order valence-electron chi connectivity index (χ1n) is 9.30. The van der Waals surface area contributed by atoms with E-state index in [0.717, 1.165) is 11.3 Å². The molecule has 0 aliphatic rings. The molecular weight excluding hydrogens is 368 g/mol. The number of methoxy groups -OCH3 is 2. The Bertz CT molecular complexity index is 963. The van der Waals surface area contributed by atoms with E-state index in [2.05, 4.69) is 15.3 Å². The van der Waals surface area contributed by atoms with Crippen molar-refractivity contribution in [2.45, 2.75) is 13.5 Å². The average Bonchev–Trinajstić information content (AvgIpc) is 2.78.